The molecule has 0 saturated heterocycles. The summed E-state index contributed by atoms with van der Waals surface area (Å²) in [6, 6.07) is 7.18. The molecule has 0 heterocycles. The van der Waals surface area contributed by atoms with Crippen molar-refractivity contribution in [3.63, 3.8) is 0 Å². The molecule has 0 aromatic heterocycles. The molecule has 1 fully saturated rings. The first-order valence-electron chi connectivity index (χ1n) is 7.00. The van der Waals surface area contributed by atoms with Crippen LogP contribution in [0.5, 0.6) is 5.75 Å². The van der Waals surface area contributed by atoms with Crippen LogP contribution in [-0.4, -0.2) is 25.5 Å². The molecule has 20 heavy (non-hydrogen) atoms. The molecule has 1 aliphatic rings. The second kappa shape index (κ2) is 6.07. The number of carbonyl (C=O) groups excluding carboxylic acids is 2. The van der Waals surface area contributed by atoms with E-state index < -0.39 is 11.4 Å². The zero-order valence-corrected chi connectivity index (χ0v) is 12.0. The number of hydrogen-bond donors (Lipinski definition) is 0. The summed E-state index contributed by atoms with van der Waals surface area (Å²) in [7, 11) is 1.57. The van der Waals surface area contributed by atoms with Gasteiger partial charge in [0.15, 0.2) is 11.2 Å². The summed E-state index contributed by atoms with van der Waals surface area (Å²) >= 11 is 0. The minimum Gasteiger partial charge on any atom is -0.497 e. The van der Waals surface area contributed by atoms with Gasteiger partial charge in [0.05, 0.1) is 13.7 Å². The third kappa shape index (κ3) is 2.42. The Hall–Kier alpha value is -1.84. The Labute approximate surface area is 119 Å². The summed E-state index contributed by atoms with van der Waals surface area (Å²) in [5.41, 5.74) is -0.469. The van der Waals surface area contributed by atoms with Crippen molar-refractivity contribution in [3.8, 4) is 5.75 Å². The summed E-state index contributed by atoms with van der Waals surface area (Å²) in [4.78, 5) is 24.9. The second-order valence-corrected chi connectivity index (χ2v) is 4.99. The minimum absolute atomic E-state index is 0.0459. The number of Topliss-reactive ketones (excluding diaryl/α,β-unsaturated/α-hetero) is 1. The molecule has 1 atom stereocenters. The van der Waals surface area contributed by atoms with Crippen LogP contribution in [0, 0.1) is 0 Å². The van der Waals surface area contributed by atoms with E-state index in [0.29, 0.717) is 24.2 Å². The molecular formula is C16H20O4. The van der Waals surface area contributed by atoms with Crippen LogP contribution in [-0.2, 0) is 19.7 Å². The van der Waals surface area contributed by atoms with E-state index in [1.807, 2.05) is 6.07 Å². The fourth-order valence-corrected chi connectivity index (χ4v) is 2.81. The van der Waals surface area contributed by atoms with E-state index in [9.17, 15) is 9.59 Å². The molecule has 1 aromatic carbocycles. The fraction of sp³-hybridized carbons (Fsp3) is 0.500. The second-order valence-electron chi connectivity index (χ2n) is 4.99. The number of ether oxygens (including phenoxy) is 2. The van der Waals surface area contributed by atoms with Gasteiger partial charge in [-0.25, -0.2) is 0 Å². The number of rotatable bonds is 4. The molecule has 0 bridgehead atoms. The summed E-state index contributed by atoms with van der Waals surface area (Å²) in [5, 5.41) is 0. The number of hydrogen-bond acceptors (Lipinski definition) is 4. The molecule has 0 amide bonds. The van der Waals surface area contributed by atoms with Crippen molar-refractivity contribution in [2.45, 2.75) is 38.0 Å². The smallest absolute Gasteiger partial charge is 0.324 e. The first-order chi connectivity index (χ1) is 9.65. The first-order valence-corrected chi connectivity index (χ1v) is 7.00. The maximum atomic E-state index is 12.5. The first kappa shape index (κ1) is 14.6. The lowest BCUT2D eigenvalue weighted by Gasteiger charge is -2.33. The largest absolute Gasteiger partial charge is 0.497 e. The Balaban J connectivity index is 2.50. The van der Waals surface area contributed by atoms with Gasteiger partial charge in [-0.05, 0) is 37.5 Å². The van der Waals surface area contributed by atoms with Crippen LogP contribution in [0.15, 0.2) is 24.3 Å². The Morgan fingerprint density at radius 3 is 2.80 bits per heavy atom. The summed E-state index contributed by atoms with van der Waals surface area (Å²) < 4.78 is 10.4. The van der Waals surface area contributed by atoms with Gasteiger partial charge in [0, 0.05) is 6.42 Å². The van der Waals surface area contributed by atoms with Gasteiger partial charge in [-0.15, -0.1) is 0 Å². The molecule has 1 aromatic rings. The maximum absolute atomic E-state index is 12.5. The molecule has 0 N–H and O–H groups in total. The van der Waals surface area contributed by atoms with Crippen molar-refractivity contribution < 1.29 is 19.1 Å². The predicted octanol–water partition coefficient (Wildman–Crippen LogP) is 2.64. The van der Waals surface area contributed by atoms with Gasteiger partial charge < -0.3 is 9.47 Å². The van der Waals surface area contributed by atoms with Crippen LogP contribution >= 0.6 is 0 Å². The number of carbonyl (C=O) groups is 2. The van der Waals surface area contributed by atoms with Crippen molar-refractivity contribution in [3.05, 3.63) is 29.8 Å². The van der Waals surface area contributed by atoms with E-state index >= 15 is 0 Å². The van der Waals surface area contributed by atoms with Gasteiger partial charge in [0.1, 0.15) is 5.75 Å². The minimum atomic E-state index is -1.15. The van der Waals surface area contributed by atoms with E-state index in [-0.39, 0.29) is 12.4 Å². The standard InChI is InChI=1S/C16H20O4/c1-3-20-15(18)16(10-5-4-9-14(16)17)12-7-6-8-13(11-12)19-2/h6-8,11H,3-5,9-10H2,1-2H3/t16-/m1/s1. The van der Waals surface area contributed by atoms with E-state index in [0.717, 1.165) is 12.8 Å². The lowest BCUT2D eigenvalue weighted by atomic mass is 9.68. The van der Waals surface area contributed by atoms with Gasteiger partial charge in [0.2, 0.25) is 0 Å². The Kier molecular flexibility index (Phi) is 4.42. The van der Waals surface area contributed by atoms with Gasteiger partial charge in [0.25, 0.3) is 0 Å². The molecule has 0 unspecified atom stereocenters. The highest BCUT2D eigenvalue weighted by molar-refractivity contribution is 6.10. The van der Waals surface area contributed by atoms with Crippen LogP contribution in [0.25, 0.3) is 0 Å². The molecule has 0 spiro atoms. The Bertz CT molecular complexity index is 509. The maximum Gasteiger partial charge on any atom is 0.324 e. The lowest BCUT2D eigenvalue weighted by Crippen LogP contribution is -2.47. The van der Waals surface area contributed by atoms with Gasteiger partial charge in [-0.3, -0.25) is 9.59 Å². The van der Waals surface area contributed by atoms with Crippen LogP contribution in [0.1, 0.15) is 38.2 Å². The van der Waals surface area contributed by atoms with Crippen molar-refractivity contribution in [2.75, 3.05) is 13.7 Å². The molecular weight excluding hydrogens is 256 g/mol. The Morgan fingerprint density at radius 2 is 2.15 bits per heavy atom. The average molecular weight is 276 g/mol. The molecule has 2 rings (SSSR count). The number of methoxy groups -OCH3 is 1. The van der Waals surface area contributed by atoms with E-state index in [1.165, 1.54) is 0 Å². The summed E-state index contributed by atoms with van der Waals surface area (Å²) in [6.45, 7) is 2.03. The third-order valence-electron chi connectivity index (χ3n) is 3.87. The van der Waals surface area contributed by atoms with Crippen molar-refractivity contribution >= 4 is 11.8 Å². The average Bonchev–Trinajstić information content (AvgIpc) is 2.48. The molecule has 1 saturated carbocycles. The molecule has 0 aliphatic heterocycles. The summed E-state index contributed by atoms with van der Waals surface area (Å²) in [6.07, 6.45) is 2.62. The van der Waals surface area contributed by atoms with Crippen LogP contribution < -0.4 is 4.74 Å². The normalized spacial score (nSPS) is 22.4. The zero-order valence-electron chi connectivity index (χ0n) is 12.0. The Morgan fingerprint density at radius 1 is 1.35 bits per heavy atom. The van der Waals surface area contributed by atoms with Crippen molar-refractivity contribution in [1.82, 2.24) is 0 Å². The highest BCUT2D eigenvalue weighted by Crippen LogP contribution is 2.39. The van der Waals surface area contributed by atoms with Crippen LogP contribution in [0.4, 0.5) is 0 Å². The third-order valence-corrected chi connectivity index (χ3v) is 3.87. The lowest BCUT2D eigenvalue weighted by molar-refractivity contribution is -0.155. The van der Waals surface area contributed by atoms with E-state index in [1.54, 1.807) is 32.2 Å². The number of benzene rings is 1. The zero-order chi connectivity index (χ0) is 14.6. The topological polar surface area (TPSA) is 52.6 Å². The van der Waals surface area contributed by atoms with E-state index in [4.69, 9.17) is 9.47 Å². The SMILES string of the molecule is CCOC(=O)[C@@]1(c2cccc(OC)c2)CCCCC1=O. The number of esters is 1. The molecule has 1 aliphatic carbocycles. The van der Waals surface area contributed by atoms with Crippen LogP contribution in [0.3, 0.4) is 0 Å². The fourth-order valence-electron chi connectivity index (χ4n) is 2.81. The monoisotopic (exact) mass is 276 g/mol. The van der Waals surface area contributed by atoms with Crippen molar-refractivity contribution in [2.24, 2.45) is 0 Å². The van der Waals surface area contributed by atoms with Gasteiger partial charge in [-0.2, -0.15) is 0 Å². The van der Waals surface area contributed by atoms with E-state index in [2.05, 4.69) is 0 Å². The number of ketones is 1. The predicted molar refractivity (Wildman–Crippen MR) is 74.8 cm³/mol. The molecule has 4 heteroatoms. The quantitative estimate of drug-likeness (QED) is 0.626. The molecule has 108 valence electrons. The summed E-state index contributed by atoms with van der Waals surface area (Å²) in [5.74, 6) is 0.165. The van der Waals surface area contributed by atoms with Crippen molar-refractivity contribution in [1.29, 1.82) is 0 Å². The van der Waals surface area contributed by atoms with Gasteiger partial charge in [-0.1, -0.05) is 18.6 Å². The van der Waals surface area contributed by atoms with Gasteiger partial charge >= 0.3 is 5.97 Å². The van der Waals surface area contributed by atoms with Crippen LogP contribution in [0.2, 0.25) is 0 Å². The highest BCUT2D eigenvalue weighted by atomic mass is 16.5. The highest BCUT2D eigenvalue weighted by Gasteiger charge is 2.49. The molecule has 4 nitrogen and oxygen atoms in total. The molecule has 0 radical (unpaired) electrons.